The molecular formula is C9H17F2NS. The second kappa shape index (κ2) is 4.42. The largest absolute Gasteiger partial charge is 0.281 e. The van der Waals surface area contributed by atoms with Crippen molar-refractivity contribution in [3.05, 3.63) is 12.7 Å². The normalized spacial score (nSPS) is 15.5. The lowest BCUT2D eigenvalue weighted by molar-refractivity contribution is 0.0281. The Morgan fingerprint density at radius 3 is 2.15 bits per heavy atom. The van der Waals surface area contributed by atoms with E-state index in [1.807, 2.05) is 20.8 Å². The van der Waals surface area contributed by atoms with Crippen LogP contribution >= 0.6 is 11.9 Å². The minimum Gasteiger partial charge on any atom is -0.254 e. The standard InChI is InChI=1S/C9H17F2NS/c1-6-9(10,11)7(2)12-13-8(3,4)5/h6-7,12H,1H2,2-5H3. The highest BCUT2D eigenvalue weighted by atomic mass is 32.2. The van der Waals surface area contributed by atoms with Gasteiger partial charge in [-0.25, -0.2) is 8.78 Å². The topological polar surface area (TPSA) is 12.0 Å². The zero-order valence-corrected chi connectivity index (χ0v) is 9.34. The molecule has 13 heavy (non-hydrogen) atoms. The minimum atomic E-state index is -2.85. The van der Waals surface area contributed by atoms with Crippen molar-refractivity contribution < 1.29 is 8.78 Å². The van der Waals surface area contributed by atoms with Crippen LogP contribution in [0.5, 0.6) is 0 Å². The van der Waals surface area contributed by atoms with Crippen LogP contribution in [-0.2, 0) is 0 Å². The van der Waals surface area contributed by atoms with Crippen molar-refractivity contribution in [2.75, 3.05) is 0 Å². The third kappa shape index (κ3) is 5.26. The molecule has 1 atom stereocenters. The van der Waals surface area contributed by atoms with E-state index in [1.54, 1.807) is 0 Å². The van der Waals surface area contributed by atoms with Crippen molar-refractivity contribution in [1.82, 2.24) is 4.72 Å². The maximum absolute atomic E-state index is 12.9. The Labute approximate surface area is 83.1 Å². The van der Waals surface area contributed by atoms with Gasteiger partial charge in [0.2, 0.25) is 0 Å². The van der Waals surface area contributed by atoms with E-state index < -0.39 is 12.0 Å². The predicted molar refractivity (Wildman–Crippen MR) is 55.1 cm³/mol. The van der Waals surface area contributed by atoms with Crippen LogP contribution in [0, 0.1) is 0 Å². The molecule has 4 heteroatoms. The molecule has 0 aromatic heterocycles. The highest BCUT2D eigenvalue weighted by molar-refractivity contribution is 7.98. The lowest BCUT2D eigenvalue weighted by Crippen LogP contribution is -2.39. The first-order valence-corrected chi connectivity index (χ1v) is 4.95. The molecular weight excluding hydrogens is 192 g/mol. The van der Waals surface area contributed by atoms with Crippen LogP contribution in [0.2, 0.25) is 0 Å². The number of halogens is 2. The molecule has 0 rings (SSSR count). The molecule has 0 saturated heterocycles. The number of rotatable bonds is 4. The van der Waals surface area contributed by atoms with Crippen LogP contribution in [-0.4, -0.2) is 16.7 Å². The van der Waals surface area contributed by atoms with Gasteiger partial charge in [-0.2, -0.15) is 0 Å². The maximum Gasteiger partial charge on any atom is 0.281 e. The van der Waals surface area contributed by atoms with Gasteiger partial charge in [0, 0.05) is 4.75 Å². The molecule has 78 valence electrons. The van der Waals surface area contributed by atoms with Gasteiger partial charge < -0.3 is 0 Å². The maximum atomic E-state index is 12.9. The Bertz CT molecular complexity index is 175. The van der Waals surface area contributed by atoms with E-state index >= 15 is 0 Å². The minimum absolute atomic E-state index is 0.0640. The Balaban J connectivity index is 4.02. The van der Waals surface area contributed by atoms with Crippen molar-refractivity contribution in [2.45, 2.75) is 44.4 Å². The third-order valence-corrected chi connectivity index (χ3v) is 2.48. The quantitative estimate of drug-likeness (QED) is 0.563. The van der Waals surface area contributed by atoms with Gasteiger partial charge in [-0.05, 0) is 33.8 Å². The van der Waals surface area contributed by atoms with Crippen LogP contribution < -0.4 is 4.72 Å². The van der Waals surface area contributed by atoms with Gasteiger partial charge in [0.1, 0.15) is 0 Å². The molecule has 0 aromatic rings. The van der Waals surface area contributed by atoms with Crippen molar-refractivity contribution >= 4 is 11.9 Å². The van der Waals surface area contributed by atoms with Crippen molar-refractivity contribution in [3.63, 3.8) is 0 Å². The molecule has 0 aliphatic rings. The lowest BCUT2D eigenvalue weighted by atomic mass is 10.2. The number of hydrogen-bond donors (Lipinski definition) is 1. The number of nitrogens with one attached hydrogen (secondary N) is 1. The van der Waals surface area contributed by atoms with Gasteiger partial charge >= 0.3 is 0 Å². The summed E-state index contributed by atoms with van der Waals surface area (Å²) in [6, 6.07) is -0.894. The average Bonchev–Trinajstić information content (AvgIpc) is 1.98. The fraction of sp³-hybridized carbons (Fsp3) is 0.778. The van der Waals surface area contributed by atoms with Gasteiger partial charge in [0.05, 0.1) is 6.04 Å². The van der Waals surface area contributed by atoms with Crippen LogP contribution in [0.15, 0.2) is 12.7 Å². The molecule has 0 saturated carbocycles. The van der Waals surface area contributed by atoms with Crippen LogP contribution in [0.4, 0.5) is 8.78 Å². The monoisotopic (exact) mass is 209 g/mol. The van der Waals surface area contributed by atoms with Crippen LogP contribution in [0.1, 0.15) is 27.7 Å². The summed E-state index contributed by atoms with van der Waals surface area (Å²) in [5.41, 5.74) is 0. The molecule has 0 amide bonds. The molecule has 1 unspecified atom stereocenters. The molecule has 0 spiro atoms. The number of hydrogen-bond acceptors (Lipinski definition) is 2. The predicted octanol–water partition coefficient (Wildman–Crippen LogP) is 3.23. The Kier molecular flexibility index (Phi) is 4.39. The summed E-state index contributed by atoms with van der Waals surface area (Å²) in [7, 11) is 0. The molecule has 0 aromatic carbocycles. The highest BCUT2D eigenvalue weighted by Crippen LogP contribution is 2.25. The van der Waals surface area contributed by atoms with E-state index in [2.05, 4.69) is 11.3 Å². The van der Waals surface area contributed by atoms with Gasteiger partial charge in [-0.1, -0.05) is 18.5 Å². The first kappa shape index (κ1) is 12.9. The van der Waals surface area contributed by atoms with Crippen LogP contribution in [0.3, 0.4) is 0 Å². The molecule has 0 fully saturated rings. The molecule has 1 nitrogen and oxygen atoms in total. The summed E-state index contributed by atoms with van der Waals surface area (Å²) in [5, 5.41) is 0. The van der Waals surface area contributed by atoms with Gasteiger partial charge in [-0.3, -0.25) is 4.72 Å². The SMILES string of the molecule is C=CC(F)(F)C(C)NSC(C)(C)C. The van der Waals surface area contributed by atoms with Crippen molar-refractivity contribution in [2.24, 2.45) is 0 Å². The van der Waals surface area contributed by atoms with Crippen molar-refractivity contribution in [3.8, 4) is 0 Å². The summed E-state index contributed by atoms with van der Waals surface area (Å²) in [5.74, 6) is -2.85. The number of alkyl halides is 2. The molecule has 0 bridgehead atoms. The second-order valence-electron chi connectivity index (χ2n) is 3.93. The van der Waals surface area contributed by atoms with E-state index in [0.29, 0.717) is 6.08 Å². The van der Waals surface area contributed by atoms with Gasteiger partial charge in [-0.15, -0.1) is 0 Å². The second-order valence-corrected chi connectivity index (χ2v) is 5.60. The molecule has 1 N–H and O–H groups in total. The fourth-order valence-corrected chi connectivity index (χ4v) is 1.21. The van der Waals surface area contributed by atoms with Crippen LogP contribution in [0.25, 0.3) is 0 Å². The molecule has 0 radical (unpaired) electrons. The van der Waals surface area contributed by atoms with E-state index in [-0.39, 0.29) is 4.75 Å². The molecule has 0 aliphatic carbocycles. The Morgan fingerprint density at radius 2 is 1.85 bits per heavy atom. The summed E-state index contributed by atoms with van der Waals surface area (Å²) in [6.07, 6.45) is 0.674. The molecule has 0 heterocycles. The van der Waals surface area contributed by atoms with E-state index in [0.717, 1.165) is 0 Å². The van der Waals surface area contributed by atoms with E-state index in [9.17, 15) is 8.78 Å². The van der Waals surface area contributed by atoms with E-state index in [1.165, 1.54) is 18.9 Å². The molecule has 0 aliphatic heterocycles. The summed E-state index contributed by atoms with van der Waals surface area (Å²) >= 11 is 1.31. The zero-order valence-electron chi connectivity index (χ0n) is 8.53. The zero-order chi connectivity index (χ0) is 10.7. The fourth-order valence-electron chi connectivity index (χ4n) is 0.521. The summed E-state index contributed by atoms with van der Waals surface area (Å²) in [4.78, 5) is 0. The van der Waals surface area contributed by atoms with Gasteiger partial charge in [0.15, 0.2) is 0 Å². The first-order valence-electron chi connectivity index (χ1n) is 4.14. The smallest absolute Gasteiger partial charge is 0.254 e. The van der Waals surface area contributed by atoms with Crippen molar-refractivity contribution in [1.29, 1.82) is 0 Å². The average molecular weight is 209 g/mol. The summed E-state index contributed by atoms with van der Waals surface area (Å²) in [6.45, 7) is 10.4. The highest BCUT2D eigenvalue weighted by Gasteiger charge is 2.33. The Morgan fingerprint density at radius 1 is 1.38 bits per heavy atom. The van der Waals surface area contributed by atoms with Gasteiger partial charge in [0.25, 0.3) is 5.92 Å². The summed E-state index contributed by atoms with van der Waals surface area (Å²) < 4.78 is 28.5. The lowest BCUT2D eigenvalue weighted by Gasteiger charge is -2.25. The third-order valence-electron chi connectivity index (χ3n) is 1.39. The van der Waals surface area contributed by atoms with E-state index in [4.69, 9.17) is 0 Å². The Hall–Kier alpha value is -0.0900. The first-order chi connectivity index (χ1) is 5.69.